The van der Waals surface area contributed by atoms with Gasteiger partial charge in [0.25, 0.3) is 0 Å². The Morgan fingerprint density at radius 3 is 2.56 bits per heavy atom. The molecule has 0 radical (unpaired) electrons. The highest BCUT2D eigenvalue weighted by Gasteiger charge is 2.36. The van der Waals surface area contributed by atoms with Crippen LogP contribution in [0, 0.1) is 5.92 Å². The Balaban J connectivity index is 2.27. The number of hydrogen-bond donors (Lipinski definition) is 2. The summed E-state index contributed by atoms with van der Waals surface area (Å²) >= 11 is 0. The Labute approximate surface area is 108 Å². The van der Waals surface area contributed by atoms with Gasteiger partial charge in [-0.15, -0.1) is 0 Å². The topological polar surface area (TPSA) is 77.1 Å². The molecule has 1 aromatic heterocycles. The molecule has 1 heterocycles. The molecule has 2 atom stereocenters. The minimum Gasteiger partial charge on any atom is -0.346 e. The summed E-state index contributed by atoms with van der Waals surface area (Å²) in [6, 6.07) is 1.96. The molecule has 18 heavy (non-hydrogen) atoms. The Hall–Kier alpha value is -0.850. The summed E-state index contributed by atoms with van der Waals surface area (Å²) in [4.78, 5) is 0.316. The van der Waals surface area contributed by atoms with Gasteiger partial charge in [0.05, 0.1) is 4.90 Å². The van der Waals surface area contributed by atoms with E-state index in [-0.39, 0.29) is 12.1 Å². The van der Waals surface area contributed by atoms with Crippen molar-refractivity contribution in [3.63, 3.8) is 0 Å². The Morgan fingerprint density at radius 2 is 2.17 bits per heavy atom. The number of nitrogens with zero attached hydrogens (tertiary/aromatic N) is 1. The van der Waals surface area contributed by atoms with Crippen LogP contribution in [0.15, 0.2) is 17.2 Å². The molecule has 6 heteroatoms. The van der Waals surface area contributed by atoms with Crippen molar-refractivity contribution in [1.29, 1.82) is 0 Å². The summed E-state index contributed by atoms with van der Waals surface area (Å²) in [5.41, 5.74) is 6.49. The van der Waals surface area contributed by atoms with Gasteiger partial charge in [-0.1, -0.05) is 6.92 Å². The van der Waals surface area contributed by atoms with Gasteiger partial charge >= 0.3 is 0 Å². The molecule has 5 nitrogen and oxygen atoms in total. The molecule has 0 spiro atoms. The van der Waals surface area contributed by atoms with Crippen LogP contribution in [0.1, 0.15) is 38.9 Å². The van der Waals surface area contributed by atoms with E-state index in [1.165, 1.54) is 0 Å². The van der Waals surface area contributed by atoms with E-state index in [4.69, 9.17) is 5.73 Å². The second kappa shape index (κ2) is 4.68. The molecule has 1 fully saturated rings. The highest BCUT2D eigenvalue weighted by Crippen LogP contribution is 2.31. The fourth-order valence-electron chi connectivity index (χ4n) is 2.04. The number of rotatable bonds is 5. The van der Waals surface area contributed by atoms with Crippen molar-refractivity contribution in [1.82, 2.24) is 9.29 Å². The molecule has 2 unspecified atom stereocenters. The zero-order valence-corrected chi connectivity index (χ0v) is 11.9. The standard InChI is InChI=1S/C12H21N3O2S/c1-8(2)15-7-11(5-10(15)6-13)18(16,17)14-12-4-9(12)3/h5,7-9,12,14H,4,6,13H2,1-3H3. The number of hydrogen-bond acceptors (Lipinski definition) is 3. The maximum absolute atomic E-state index is 12.2. The SMILES string of the molecule is CC1CC1NS(=O)(=O)c1cc(CN)n(C(C)C)c1. The van der Waals surface area contributed by atoms with Crippen molar-refractivity contribution in [2.24, 2.45) is 11.7 Å². The maximum atomic E-state index is 12.2. The maximum Gasteiger partial charge on any atom is 0.242 e. The zero-order valence-electron chi connectivity index (χ0n) is 11.1. The summed E-state index contributed by atoms with van der Waals surface area (Å²) in [7, 11) is -3.40. The normalized spacial score (nSPS) is 23.6. The van der Waals surface area contributed by atoms with E-state index < -0.39 is 10.0 Å². The molecule has 0 saturated heterocycles. The van der Waals surface area contributed by atoms with E-state index in [0.29, 0.717) is 17.4 Å². The van der Waals surface area contributed by atoms with Crippen molar-refractivity contribution in [3.8, 4) is 0 Å². The lowest BCUT2D eigenvalue weighted by Crippen LogP contribution is -2.26. The molecule has 1 aliphatic carbocycles. The minimum absolute atomic E-state index is 0.0960. The van der Waals surface area contributed by atoms with Gasteiger partial charge in [0.1, 0.15) is 0 Å². The molecular weight excluding hydrogens is 250 g/mol. The molecule has 1 saturated carbocycles. The predicted molar refractivity (Wildman–Crippen MR) is 70.6 cm³/mol. The molecule has 2 rings (SSSR count). The second-order valence-electron chi connectivity index (χ2n) is 5.31. The van der Waals surface area contributed by atoms with Crippen molar-refractivity contribution in [2.75, 3.05) is 0 Å². The fraction of sp³-hybridized carbons (Fsp3) is 0.667. The highest BCUT2D eigenvalue weighted by atomic mass is 32.2. The lowest BCUT2D eigenvalue weighted by molar-refractivity contribution is 0.568. The van der Waals surface area contributed by atoms with E-state index in [9.17, 15) is 8.42 Å². The smallest absolute Gasteiger partial charge is 0.242 e. The van der Waals surface area contributed by atoms with Crippen molar-refractivity contribution >= 4 is 10.0 Å². The van der Waals surface area contributed by atoms with Crippen LogP contribution in [-0.2, 0) is 16.6 Å². The van der Waals surface area contributed by atoms with Gasteiger partial charge in [-0.05, 0) is 32.3 Å². The summed E-state index contributed by atoms with van der Waals surface area (Å²) in [5.74, 6) is 0.445. The Bertz CT molecular complexity index is 534. The van der Waals surface area contributed by atoms with Crippen LogP contribution < -0.4 is 10.5 Å². The van der Waals surface area contributed by atoms with Crippen LogP contribution in [-0.4, -0.2) is 19.0 Å². The first-order valence-corrected chi connectivity index (χ1v) is 7.76. The fourth-order valence-corrected chi connectivity index (χ4v) is 3.45. The second-order valence-corrected chi connectivity index (χ2v) is 7.03. The van der Waals surface area contributed by atoms with Crippen molar-refractivity contribution in [3.05, 3.63) is 18.0 Å². The van der Waals surface area contributed by atoms with Gasteiger partial charge in [0.2, 0.25) is 10.0 Å². The lowest BCUT2D eigenvalue weighted by Gasteiger charge is -2.10. The van der Waals surface area contributed by atoms with E-state index in [0.717, 1.165) is 12.1 Å². The predicted octanol–water partition coefficient (Wildman–Crippen LogP) is 1.21. The van der Waals surface area contributed by atoms with Gasteiger partial charge in [-0.3, -0.25) is 0 Å². The number of sulfonamides is 1. The number of nitrogens with two attached hydrogens (primary N) is 1. The minimum atomic E-state index is -3.40. The molecule has 102 valence electrons. The molecule has 0 aliphatic heterocycles. The van der Waals surface area contributed by atoms with Crippen LogP contribution in [0.25, 0.3) is 0 Å². The third-order valence-corrected chi connectivity index (χ3v) is 4.86. The molecule has 0 bridgehead atoms. The van der Waals surface area contributed by atoms with E-state index in [1.807, 2.05) is 25.3 Å². The van der Waals surface area contributed by atoms with E-state index in [1.54, 1.807) is 12.3 Å². The van der Waals surface area contributed by atoms with Gasteiger partial charge in [0.15, 0.2) is 0 Å². The van der Waals surface area contributed by atoms with E-state index >= 15 is 0 Å². The highest BCUT2D eigenvalue weighted by molar-refractivity contribution is 7.89. The monoisotopic (exact) mass is 271 g/mol. The van der Waals surface area contributed by atoms with Gasteiger partial charge in [-0.25, -0.2) is 13.1 Å². The average Bonchev–Trinajstić information content (AvgIpc) is 2.83. The van der Waals surface area contributed by atoms with Crippen LogP contribution in [0.4, 0.5) is 0 Å². The first-order valence-electron chi connectivity index (χ1n) is 6.28. The summed E-state index contributed by atoms with van der Waals surface area (Å²) < 4.78 is 29.0. The average molecular weight is 271 g/mol. The lowest BCUT2D eigenvalue weighted by atomic mass is 10.3. The number of aromatic nitrogens is 1. The molecule has 0 amide bonds. The van der Waals surface area contributed by atoms with Crippen molar-refractivity contribution < 1.29 is 8.42 Å². The largest absolute Gasteiger partial charge is 0.346 e. The van der Waals surface area contributed by atoms with Crippen LogP contribution in [0.2, 0.25) is 0 Å². The third-order valence-electron chi connectivity index (χ3n) is 3.40. The summed E-state index contributed by atoms with van der Waals surface area (Å²) in [6.07, 6.45) is 2.59. The first kappa shape index (κ1) is 13.6. The van der Waals surface area contributed by atoms with Crippen LogP contribution >= 0.6 is 0 Å². The quantitative estimate of drug-likeness (QED) is 0.845. The summed E-state index contributed by atoms with van der Waals surface area (Å²) in [5, 5.41) is 0. The number of nitrogens with one attached hydrogen (secondary N) is 1. The molecular formula is C12H21N3O2S. The molecule has 1 aliphatic rings. The Kier molecular flexibility index (Phi) is 3.53. The molecule has 0 aromatic carbocycles. The van der Waals surface area contributed by atoms with Crippen molar-refractivity contribution in [2.45, 2.75) is 50.7 Å². The van der Waals surface area contributed by atoms with Crippen LogP contribution in [0.3, 0.4) is 0 Å². The van der Waals surface area contributed by atoms with Crippen LogP contribution in [0.5, 0.6) is 0 Å². The molecule has 3 N–H and O–H groups in total. The zero-order chi connectivity index (χ0) is 13.5. The Morgan fingerprint density at radius 1 is 1.56 bits per heavy atom. The third kappa shape index (κ3) is 2.60. The van der Waals surface area contributed by atoms with E-state index in [2.05, 4.69) is 4.72 Å². The summed E-state index contributed by atoms with van der Waals surface area (Å²) in [6.45, 7) is 6.39. The first-order chi connectivity index (χ1) is 8.35. The molecule has 1 aromatic rings. The van der Waals surface area contributed by atoms with Gasteiger partial charge in [-0.2, -0.15) is 0 Å². The van der Waals surface area contributed by atoms with Gasteiger partial charge < -0.3 is 10.3 Å². The van der Waals surface area contributed by atoms with Gasteiger partial charge in [0, 0.05) is 30.5 Å².